The maximum atomic E-state index is 13.7. The molecule has 2 aromatic carbocycles. The number of aliphatic carboxylic acids is 1. The van der Waals surface area contributed by atoms with Crippen molar-refractivity contribution in [3.63, 3.8) is 0 Å². The molecule has 2 atom stereocenters. The molecule has 4 rings (SSSR count). The van der Waals surface area contributed by atoms with Crippen LogP contribution in [0.5, 0.6) is 5.75 Å². The lowest BCUT2D eigenvalue weighted by Gasteiger charge is -2.43. The zero-order valence-electron chi connectivity index (χ0n) is 17.6. The number of piperazine rings is 1. The molecule has 1 unspecified atom stereocenters. The Kier molecular flexibility index (Phi) is 6.23. The molecule has 1 fully saturated rings. The summed E-state index contributed by atoms with van der Waals surface area (Å²) in [5, 5.41) is 13.2. The standard InChI is InChI=1S/C24H24F2N2O4/c1-14(29)28-12-18-11-19(23(24(30)31)21(13-28)27-18)16-4-2-15(3-5-16)8-9-32-22-10-17(25)6-7-20(22)26/h2-7,10,18,21,27H,8-9,11-13H2,1H3,(H,30,31)/t18?,21-/m1/s1. The fourth-order valence-corrected chi connectivity index (χ4v) is 4.36. The molecule has 2 aliphatic rings. The monoisotopic (exact) mass is 442 g/mol. The van der Waals surface area contributed by atoms with Gasteiger partial charge in [-0.2, -0.15) is 0 Å². The molecule has 6 nitrogen and oxygen atoms in total. The van der Waals surface area contributed by atoms with Crippen molar-refractivity contribution in [3.05, 3.63) is 70.8 Å². The van der Waals surface area contributed by atoms with Crippen molar-refractivity contribution in [1.29, 1.82) is 0 Å². The summed E-state index contributed by atoms with van der Waals surface area (Å²) in [7, 11) is 0. The van der Waals surface area contributed by atoms with Gasteiger partial charge >= 0.3 is 5.97 Å². The highest BCUT2D eigenvalue weighted by atomic mass is 19.1. The largest absolute Gasteiger partial charge is 0.490 e. The average molecular weight is 442 g/mol. The maximum absolute atomic E-state index is 13.7. The number of nitrogens with zero attached hydrogens (tertiary/aromatic N) is 1. The molecular formula is C24H24F2N2O4. The smallest absolute Gasteiger partial charge is 0.333 e. The molecule has 32 heavy (non-hydrogen) atoms. The number of hydrogen-bond acceptors (Lipinski definition) is 4. The summed E-state index contributed by atoms with van der Waals surface area (Å²) in [6.45, 7) is 2.56. The van der Waals surface area contributed by atoms with Crippen molar-refractivity contribution >= 4 is 17.4 Å². The highest BCUT2D eigenvalue weighted by Crippen LogP contribution is 2.33. The Balaban J connectivity index is 1.47. The number of fused-ring (bicyclic) bond motifs is 2. The van der Waals surface area contributed by atoms with Gasteiger partial charge in [0.25, 0.3) is 0 Å². The molecule has 2 bridgehead atoms. The number of carboxylic acids is 1. The van der Waals surface area contributed by atoms with E-state index < -0.39 is 23.6 Å². The number of carbonyl (C=O) groups is 2. The number of benzene rings is 2. The zero-order chi connectivity index (χ0) is 22.8. The van der Waals surface area contributed by atoms with Crippen molar-refractivity contribution in [3.8, 4) is 5.75 Å². The second-order valence-electron chi connectivity index (χ2n) is 8.11. The molecule has 1 saturated heterocycles. The van der Waals surface area contributed by atoms with E-state index in [1.807, 2.05) is 24.3 Å². The Morgan fingerprint density at radius 3 is 2.59 bits per heavy atom. The van der Waals surface area contributed by atoms with Gasteiger partial charge in [-0.25, -0.2) is 13.6 Å². The first-order valence-electron chi connectivity index (χ1n) is 10.5. The first kappa shape index (κ1) is 22.0. The third-order valence-corrected chi connectivity index (χ3v) is 5.92. The van der Waals surface area contributed by atoms with Gasteiger partial charge in [0.1, 0.15) is 5.82 Å². The second kappa shape index (κ2) is 9.08. The molecule has 2 N–H and O–H groups in total. The molecular weight excluding hydrogens is 418 g/mol. The third-order valence-electron chi connectivity index (χ3n) is 5.92. The van der Waals surface area contributed by atoms with Gasteiger partial charge in [-0.05, 0) is 35.3 Å². The summed E-state index contributed by atoms with van der Waals surface area (Å²) in [5.74, 6) is -2.35. The first-order valence-corrected chi connectivity index (χ1v) is 10.5. The number of carbonyl (C=O) groups excluding carboxylic acids is 1. The van der Waals surface area contributed by atoms with Crippen LogP contribution < -0.4 is 10.1 Å². The molecule has 1 amide bonds. The molecule has 2 aromatic rings. The van der Waals surface area contributed by atoms with Gasteiger partial charge in [0, 0.05) is 38.5 Å². The third kappa shape index (κ3) is 4.65. The van der Waals surface area contributed by atoms with Gasteiger partial charge in [-0.15, -0.1) is 0 Å². The molecule has 0 spiro atoms. The fraction of sp³-hybridized carbons (Fsp3) is 0.333. The van der Waals surface area contributed by atoms with Gasteiger partial charge in [0.15, 0.2) is 11.6 Å². The van der Waals surface area contributed by atoms with E-state index in [4.69, 9.17) is 4.74 Å². The van der Waals surface area contributed by atoms with Crippen LogP contribution in [0, 0.1) is 11.6 Å². The van der Waals surface area contributed by atoms with E-state index in [1.165, 1.54) is 6.92 Å². The van der Waals surface area contributed by atoms with E-state index >= 15 is 0 Å². The van der Waals surface area contributed by atoms with Gasteiger partial charge in [-0.1, -0.05) is 24.3 Å². The minimum absolute atomic E-state index is 0.00462. The van der Waals surface area contributed by atoms with E-state index in [1.54, 1.807) is 4.90 Å². The summed E-state index contributed by atoms with van der Waals surface area (Å²) in [4.78, 5) is 25.5. The first-order chi connectivity index (χ1) is 15.3. The summed E-state index contributed by atoms with van der Waals surface area (Å²) in [6, 6.07) is 10.2. The lowest BCUT2D eigenvalue weighted by atomic mass is 9.83. The number of rotatable bonds is 6. The van der Waals surface area contributed by atoms with E-state index in [0.717, 1.165) is 34.9 Å². The van der Waals surface area contributed by atoms with Gasteiger partial charge < -0.3 is 20.1 Å². The molecule has 2 aliphatic heterocycles. The van der Waals surface area contributed by atoms with Crippen molar-refractivity contribution < 1.29 is 28.2 Å². The molecule has 0 aromatic heterocycles. The highest BCUT2D eigenvalue weighted by molar-refractivity contribution is 5.98. The quantitative estimate of drug-likeness (QED) is 0.719. The van der Waals surface area contributed by atoms with Crippen LogP contribution in [0.3, 0.4) is 0 Å². The van der Waals surface area contributed by atoms with Gasteiger partial charge in [0.05, 0.1) is 18.2 Å². The van der Waals surface area contributed by atoms with Gasteiger partial charge in [0.2, 0.25) is 5.91 Å². The molecule has 8 heteroatoms. The maximum Gasteiger partial charge on any atom is 0.333 e. The Labute approximate surface area is 184 Å². The lowest BCUT2D eigenvalue weighted by molar-refractivity contribution is -0.135. The molecule has 168 valence electrons. The number of halogens is 2. The molecule has 0 radical (unpaired) electrons. The average Bonchev–Trinajstić information content (AvgIpc) is 2.75. The minimum atomic E-state index is -0.990. The van der Waals surface area contributed by atoms with Crippen molar-refractivity contribution in [2.24, 2.45) is 0 Å². The minimum Gasteiger partial charge on any atom is -0.490 e. The number of hydrogen-bond donors (Lipinski definition) is 2. The zero-order valence-corrected chi connectivity index (χ0v) is 17.6. The van der Waals surface area contributed by atoms with E-state index in [2.05, 4.69) is 5.32 Å². The van der Waals surface area contributed by atoms with Crippen molar-refractivity contribution in [2.75, 3.05) is 19.7 Å². The van der Waals surface area contributed by atoms with Crippen LogP contribution in [0.1, 0.15) is 24.5 Å². The van der Waals surface area contributed by atoms with Crippen LogP contribution in [-0.4, -0.2) is 53.7 Å². The van der Waals surface area contributed by atoms with Crippen LogP contribution in [-0.2, 0) is 16.0 Å². The topological polar surface area (TPSA) is 78.9 Å². The van der Waals surface area contributed by atoms with Crippen LogP contribution in [0.2, 0.25) is 0 Å². The van der Waals surface area contributed by atoms with Crippen molar-refractivity contribution in [2.45, 2.75) is 31.8 Å². The predicted molar refractivity (Wildman–Crippen MR) is 114 cm³/mol. The Bertz CT molecular complexity index is 1070. The Morgan fingerprint density at radius 2 is 1.91 bits per heavy atom. The fourth-order valence-electron chi connectivity index (χ4n) is 4.36. The highest BCUT2D eigenvalue weighted by Gasteiger charge is 2.38. The lowest BCUT2D eigenvalue weighted by Crippen LogP contribution is -2.61. The van der Waals surface area contributed by atoms with E-state index in [0.29, 0.717) is 31.5 Å². The number of ether oxygens (including phenoxy) is 1. The normalized spacial score (nSPS) is 20.3. The van der Waals surface area contributed by atoms with Crippen LogP contribution in [0.4, 0.5) is 8.78 Å². The second-order valence-corrected chi connectivity index (χ2v) is 8.11. The summed E-state index contributed by atoms with van der Waals surface area (Å²) in [6.07, 6.45) is 1.00. The van der Waals surface area contributed by atoms with E-state index in [9.17, 15) is 23.5 Å². The summed E-state index contributed by atoms with van der Waals surface area (Å²) < 4.78 is 32.2. The van der Waals surface area contributed by atoms with Crippen LogP contribution in [0.15, 0.2) is 48.0 Å². The summed E-state index contributed by atoms with van der Waals surface area (Å²) in [5.41, 5.74) is 2.83. The Hall–Kier alpha value is -3.26. The number of amides is 1. The molecule has 0 saturated carbocycles. The molecule has 2 heterocycles. The van der Waals surface area contributed by atoms with Crippen LogP contribution >= 0.6 is 0 Å². The van der Waals surface area contributed by atoms with E-state index in [-0.39, 0.29) is 24.3 Å². The van der Waals surface area contributed by atoms with Gasteiger partial charge in [-0.3, -0.25) is 4.79 Å². The number of carboxylic acid groups (broad SMARTS) is 1. The molecule has 0 aliphatic carbocycles. The Morgan fingerprint density at radius 1 is 1.16 bits per heavy atom. The summed E-state index contributed by atoms with van der Waals surface area (Å²) >= 11 is 0. The van der Waals surface area contributed by atoms with Crippen LogP contribution in [0.25, 0.3) is 5.57 Å². The predicted octanol–water partition coefficient (Wildman–Crippen LogP) is 3.02. The SMILES string of the molecule is CC(=O)N1CC2CC(c3ccc(CCOc4cc(F)ccc4F)cc3)=C(C(=O)O)[C@@H](C1)N2. The number of nitrogens with one attached hydrogen (secondary N) is 1. The van der Waals surface area contributed by atoms with Crippen molar-refractivity contribution in [1.82, 2.24) is 10.2 Å².